The van der Waals surface area contributed by atoms with Crippen LogP contribution in [-0.2, 0) is 14.3 Å². The van der Waals surface area contributed by atoms with Crippen LogP contribution in [0.5, 0.6) is 0 Å². The van der Waals surface area contributed by atoms with Gasteiger partial charge in [0, 0.05) is 18.7 Å². The van der Waals surface area contributed by atoms with Gasteiger partial charge in [0.25, 0.3) is 0 Å². The normalized spacial score (nSPS) is 17.7. The lowest BCUT2D eigenvalue weighted by Crippen LogP contribution is -2.34. The second-order valence-corrected chi connectivity index (χ2v) is 5.51. The number of carboxylic acid groups (broad SMARTS) is 1. The maximum Gasteiger partial charge on any atom is 0.412 e. The lowest BCUT2D eigenvalue weighted by Gasteiger charge is -2.22. The third-order valence-electron chi connectivity index (χ3n) is 3.67. The Bertz CT molecular complexity index is 499. The number of para-hydroxylation sites is 1. The van der Waals surface area contributed by atoms with Crippen LogP contribution >= 0.6 is 0 Å². The summed E-state index contributed by atoms with van der Waals surface area (Å²) < 4.78 is 11.0. The second-order valence-electron chi connectivity index (χ2n) is 5.51. The van der Waals surface area contributed by atoms with Gasteiger partial charge in [0.15, 0.2) is 12.1 Å². The van der Waals surface area contributed by atoms with Crippen LogP contribution < -0.4 is 4.90 Å². The summed E-state index contributed by atoms with van der Waals surface area (Å²) in [4.78, 5) is 24.4. The number of hydrogen-bond donors (Lipinski definition) is 1. The Morgan fingerprint density at radius 3 is 2.70 bits per heavy atom. The number of ketones is 1. The molecule has 1 heterocycles. The van der Waals surface area contributed by atoms with E-state index in [-0.39, 0.29) is 18.6 Å². The number of ether oxygens (including phenoxy) is 2. The Labute approximate surface area is 136 Å². The number of hydrogen-bond acceptors (Lipinski definition) is 4. The number of rotatable bonds is 8. The lowest BCUT2D eigenvalue weighted by atomic mass is 10.2. The summed E-state index contributed by atoms with van der Waals surface area (Å²) >= 11 is 0. The molecule has 1 saturated heterocycles. The van der Waals surface area contributed by atoms with Crippen molar-refractivity contribution in [1.29, 1.82) is 0 Å². The molecular formula is C17H23NO5. The average Bonchev–Trinajstić information content (AvgIpc) is 2.58. The zero-order valence-corrected chi connectivity index (χ0v) is 13.1. The zero-order valence-electron chi connectivity index (χ0n) is 13.1. The second kappa shape index (κ2) is 9.27. The van der Waals surface area contributed by atoms with Crippen molar-refractivity contribution in [2.24, 2.45) is 0 Å². The van der Waals surface area contributed by atoms with Gasteiger partial charge in [-0.2, -0.15) is 0 Å². The predicted molar refractivity (Wildman–Crippen MR) is 85.6 cm³/mol. The van der Waals surface area contributed by atoms with Gasteiger partial charge in [-0.1, -0.05) is 18.2 Å². The smallest absolute Gasteiger partial charge is 0.412 e. The number of carbonyl (C=O) groups excluding carboxylic acids is 1. The largest absolute Gasteiger partial charge is 0.465 e. The quantitative estimate of drug-likeness (QED) is 0.745. The van der Waals surface area contributed by atoms with E-state index in [9.17, 15) is 14.7 Å². The zero-order chi connectivity index (χ0) is 16.5. The third-order valence-corrected chi connectivity index (χ3v) is 3.67. The third kappa shape index (κ3) is 6.00. The van der Waals surface area contributed by atoms with Crippen LogP contribution in [0.4, 0.5) is 10.5 Å². The molecule has 1 amide bonds. The van der Waals surface area contributed by atoms with Gasteiger partial charge < -0.3 is 14.6 Å². The predicted octanol–water partition coefficient (Wildman–Crippen LogP) is 3.06. The highest BCUT2D eigenvalue weighted by atomic mass is 16.7. The molecule has 1 aromatic rings. The monoisotopic (exact) mass is 321 g/mol. The maximum absolute atomic E-state index is 12.0. The standard InChI is InChI=1S/C17H23NO5/c19-15(9-6-12-23-16-10-4-5-11-22-16)13-18(17(20)21)14-7-2-1-3-8-14/h1-3,7-8,16H,4-6,9-13H2,(H,20,21). The van der Waals surface area contributed by atoms with Crippen molar-refractivity contribution in [2.45, 2.75) is 38.4 Å². The first kappa shape index (κ1) is 17.4. The molecule has 1 fully saturated rings. The van der Waals surface area contributed by atoms with E-state index in [1.165, 1.54) is 0 Å². The van der Waals surface area contributed by atoms with Gasteiger partial charge >= 0.3 is 6.09 Å². The minimum Gasteiger partial charge on any atom is -0.465 e. The number of amides is 1. The van der Waals surface area contributed by atoms with Gasteiger partial charge in [-0.3, -0.25) is 9.69 Å². The molecule has 0 bridgehead atoms. The fourth-order valence-electron chi connectivity index (χ4n) is 2.46. The Kier molecular flexibility index (Phi) is 7.03. The van der Waals surface area contributed by atoms with Gasteiger partial charge in [-0.05, 0) is 37.8 Å². The first-order chi connectivity index (χ1) is 11.2. The Morgan fingerprint density at radius 2 is 2.04 bits per heavy atom. The molecule has 1 aromatic carbocycles. The van der Waals surface area contributed by atoms with E-state index in [2.05, 4.69) is 0 Å². The summed E-state index contributed by atoms with van der Waals surface area (Å²) in [6.45, 7) is 1.04. The molecule has 6 heteroatoms. The fraction of sp³-hybridized carbons (Fsp3) is 0.529. The molecule has 6 nitrogen and oxygen atoms in total. The van der Waals surface area contributed by atoms with Crippen LogP contribution in [0.15, 0.2) is 30.3 Å². The van der Waals surface area contributed by atoms with E-state index in [4.69, 9.17) is 9.47 Å². The van der Waals surface area contributed by atoms with Gasteiger partial charge in [-0.15, -0.1) is 0 Å². The SMILES string of the molecule is O=C(CCCOC1CCCCO1)CN(C(=O)O)c1ccccc1. The molecule has 0 radical (unpaired) electrons. The highest BCUT2D eigenvalue weighted by molar-refractivity contribution is 5.94. The molecule has 1 unspecified atom stereocenters. The van der Waals surface area contributed by atoms with Gasteiger partial charge in [0.2, 0.25) is 0 Å². The minimum absolute atomic E-state index is 0.121. The first-order valence-corrected chi connectivity index (χ1v) is 7.97. The highest BCUT2D eigenvalue weighted by Crippen LogP contribution is 2.15. The summed E-state index contributed by atoms with van der Waals surface area (Å²) in [5, 5.41) is 9.25. The number of nitrogens with zero attached hydrogens (tertiary/aromatic N) is 1. The van der Waals surface area contributed by atoms with Crippen molar-refractivity contribution in [1.82, 2.24) is 0 Å². The molecule has 1 N–H and O–H groups in total. The Balaban J connectivity index is 1.71. The molecule has 126 valence electrons. The molecular weight excluding hydrogens is 298 g/mol. The molecule has 0 spiro atoms. The van der Waals surface area contributed by atoms with Gasteiger partial charge in [0.05, 0.1) is 13.2 Å². The molecule has 0 aromatic heterocycles. The summed E-state index contributed by atoms with van der Waals surface area (Å²) in [7, 11) is 0. The van der Waals surface area contributed by atoms with Crippen LogP contribution in [0, 0.1) is 0 Å². The van der Waals surface area contributed by atoms with Crippen LogP contribution in [0.2, 0.25) is 0 Å². The van der Waals surface area contributed by atoms with Crippen LogP contribution in [0.25, 0.3) is 0 Å². The van der Waals surface area contributed by atoms with E-state index in [1.807, 2.05) is 0 Å². The average molecular weight is 321 g/mol. The van der Waals surface area contributed by atoms with Crippen molar-refractivity contribution in [3.63, 3.8) is 0 Å². The van der Waals surface area contributed by atoms with E-state index < -0.39 is 6.09 Å². The van der Waals surface area contributed by atoms with E-state index in [0.29, 0.717) is 25.1 Å². The Morgan fingerprint density at radius 1 is 1.26 bits per heavy atom. The molecule has 1 atom stereocenters. The summed E-state index contributed by atoms with van der Waals surface area (Å²) in [6.07, 6.45) is 2.66. The topological polar surface area (TPSA) is 76.1 Å². The first-order valence-electron chi connectivity index (χ1n) is 7.97. The molecule has 23 heavy (non-hydrogen) atoms. The van der Waals surface area contributed by atoms with Crippen molar-refractivity contribution >= 4 is 17.6 Å². The highest BCUT2D eigenvalue weighted by Gasteiger charge is 2.18. The summed E-state index contributed by atoms with van der Waals surface area (Å²) in [5.74, 6) is -0.121. The molecule has 1 aliphatic heterocycles. The maximum atomic E-state index is 12.0. The van der Waals surface area contributed by atoms with Gasteiger partial charge in [-0.25, -0.2) is 4.79 Å². The van der Waals surface area contributed by atoms with Crippen LogP contribution in [0.1, 0.15) is 32.1 Å². The van der Waals surface area contributed by atoms with Crippen molar-refractivity contribution < 1.29 is 24.2 Å². The number of benzene rings is 1. The Hall–Kier alpha value is -1.92. The van der Waals surface area contributed by atoms with Gasteiger partial charge in [0.1, 0.15) is 0 Å². The van der Waals surface area contributed by atoms with Crippen molar-refractivity contribution in [2.75, 3.05) is 24.7 Å². The fourth-order valence-corrected chi connectivity index (χ4v) is 2.46. The van der Waals surface area contributed by atoms with E-state index >= 15 is 0 Å². The lowest BCUT2D eigenvalue weighted by molar-refractivity contribution is -0.163. The van der Waals surface area contributed by atoms with Crippen LogP contribution in [0.3, 0.4) is 0 Å². The number of Topliss-reactive ketones (excluding diaryl/α,β-unsaturated/α-hetero) is 1. The number of anilines is 1. The van der Waals surface area contributed by atoms with E-state index in [1.54, 1.807) is 30.3 Å². The summed E-state index contributed by atoms with van der Waals surface area (Å²) in [5.41, 5.74) is 0.500. The van der Waals surface area contributed by atoms with Crippen molar-refractivity contribution in [3.05, 3.63) is 30.3 Å². The molecule has 2 rings (SSSR count). The molecule has 1 aliphatic rings. The van der Waals surface area contributed by atoms with Crippen LogP contribution in [-0.4, -0.2) is 43.0 Å². The van der Waals surface area contributed by atoms with Crippen molar-refractivity contribution in [3.8, 4) is 0 Å². The van der Waals surface area contributed by atoms with E-state index in [0.717, 1.165) is 30.8 Å². The molecule has 0 aliphatic carbocycles. The summed E-state index contributed by atoms with van der Waals surface area (Å²) in [6, 6.07) is 8.63. The molecule has 0 saturated carbocycles. The minimum atomic E-state index is -1.13. The number of carbonyl (C=O) groups is 2.